The molecule has 1 aromatic rings. The first-order valence-electron chi connectivity index (χ1n) is 7.93. The van der Waals surface area contributed by atoms with Crippen LogP contribution in [0.3, 0.4) is 0 Å². The zero-order chi connectivity index (χ0) is 18.0. The molecule has 0 radical (unpaired) electrons. The number of carbonyl (C=O) groups excluding carboxylic acids is 2. The normalized spacial score (nSPS) is 10.6. The van der Waals surface area contributed by atoms with Crippen LogP contribution in [0, 0.1) is 11.3 Å². The minimum atomic E-state index is -0.498. The molecule has 0 fully saturated rings. The fourth-order valence-electron chi connectivity index (χ4n) is 1.85. The predicted octanol–water partition coefficient (Wildman–Crippen LogP) is 2.98. The van der Waals surface area contributed by atoms with Crippen molar-refractivity contribution in [1.29, 1.82) is 5.26 Å². The summed E-state index contributed by atoms with van der Waals surface area (Å²) in [6.45, 7) is 5.97. The molecule has 0 bridgehead atoms. The zero-order valence-electron chi connectivity index (χ0n) is 14.4. The van der Waals surface area contributed by atoms with Gasteiger partial charge in [0.05, 0.1) is 11.9 Å². The monoisotopic (exact) mass is 332 g/mol. The summed E-state index contributed by atoms with van der Waals surface area (Å²) < 4.78 is 5.13. The van der Waals surface area contributed by atoms with E-state index in [9.17, 15) is 9.59 Å². The minimum absolute atomic E-state index is 0.0957. The van der Waals surface area contributed by atoms with E-state index in [-0.39, 0.29) is 5.91 Å². The van der Waals surface area contributed by atoms with Crippen LogP contribution in [0.1, 0.15) is 52.1 Å². The minimum Gasteiger partial charge on any atom is -0.444 e. The van der Waals surface area contributed by atoms with Gasteiger partial charge >= 0.3 is 6.09 Å². The van der Waals surface area contributed by atoms with Gasteiger partial charge in [-0.05, 0) is 45.7 Å². The van der Waals surface area contributed by atoms with Gasteiger partial charge < -0.3 is 15.4 Å². The number of ether oxygens (including phenoxy) is 1. The molecule has 1 heterocycles. The number of nitrogens with zero attached hydrogens (tertiary/aromatic N) is 2. The van der Waals surface area contributed by atoms with E-state index in [1.807, 2.05) is 26.8 Å². The van der Waals surface area contributed by atoms with Gasteiger partial charge in [0.25, 0.3) is 0 Å². The first kappa shape index (κ1) is 19.4. The van der Waals surface area contributed by atoms with Crippen LogP contribution in [0.4, 0.5) is 10.5 Å². The molecule has 7 heteroatoms. The molecule has 1 rings (SSSR count). The maximum absolute atomic E-state index is 11.8. The lowest BCUT2D eigenvalue weighted by molar-refractivity contribution is -0.116. The number of rotatable bonds is 7. The second-order valence-corrected chi connectivity index (χ2v) is 6.33. The van der Waals surface area contributed by atoms with E-state index in [4.69, 9.17) is 10.00 Å². The van der Waals surface area contributed by atoms with Gasteiger partial charge in [-0.1, -0.05) is 6.42 Å². The van der Waals surface area contributed by atoms with E-state index in [0.29, 0.717) is 24.3 Å². The number of unbranched alkanes of at least 4 members (excludes halogenated alkanes) is 2. The average molecular weight is 332 g/mol. The van der Waals surface area contributed by atoms with Crippen molar-refractivity contribution in [3.63, 3.8) is 0 Å². The van der Waals surface area contributed by atoms with Gasteiger partial charge in [-0.25, -0.2) is 9.78 Å². The van der Waals surface area contributed by atoms with Crippen LogP contribution in [0.5, 0.6) is 0 Å². The lowest BCUT2D eigenvalue weighted by atomic mass is 10.2. The molecule has 0 atom stereocenters. The number of pyridine rings is 1. The molecule has 0 spiro atoms. The first-order chi connectivity index (χ1) is 11.3. The van der Waals surface area contributed by atoms with E-state index < -0.39 is 11.7 Å². The van der Waals surface area contributed by atoms with Crippen LogP contribution in [-0.2, 0) is 9.53 Å². The Morgan fingerprint density at radius 3 is 2.58 bits per heavy atom. The Kier molecular flexibility index (Phi) is 7.69. The summed E-state index contributed by atoms with van der Waals surface area (Å²) in [5, 5.41) is 14.1. The highest BCUT2D eigenvalue weighted by atomic mass is 16.6. The van der Waals surface area contributed by atoms with E-state index in [2.05, 4.69) is 15.6 Å². The third-order valence-corrected chi connectivity index (χ3v) is 2.91. The largest absolute Gasteiger partial charge is 0.444 e. The summed E-state index contributed by atoms with van der Waals surface area (Å²) in [7, 11) is 0. The highest BCUT2D eigenvalue weighted by molar-refractivity contribution is 5.90. The van der Waals surface area contributed by atoms with Crippen LogP contribution in [0.15, 0.2) is 18.3 Å². The number of aromatic nitrogens is 1. The fourth-order valence-corrected chi connectivity index (χ4v) is 1.85. The molecule has 2 N–H and O–H groups in total. The van der Waals surface area contributed by atoms with E-state index in [0.717, 1.165) is 19.3 Å². The van der Waals surface area contributed by atoms with Crippen LogP contribution < -0.4 is 10.6 Å². The van der Waals surface area contributed by atoms with Crippen LogP contribution in [0.25, 0.3) is 0 Å². The molecule has 0 aliphatic carbocycles. The van der Waals surface area contributed by atoms with E-state index in [1.54, 1.807) is 12.1 Å². The highest BCUT2D eigenvalue weighted by Crippen LogP contribution is 2.08. The summed E-state index contributed by atoms with van der Waals surface area (Å²) in [4.78, 5) is 27.1. The Labute approximate surface area is 142 Å². The molecule has 24 heavy (non-hydrogen) atoms. The van der Waals surface area contributed by atoms with Gasteiger partial charge in [-0.3, -0.25) is 4.79 Å². The topological polar surface area (TPSA) is 104 Å². The fraction of sp³-hybridized carbons (Fsp3) is 0.529. The van der Waals surface area contributed by atoms with Gasteiger partial charge in [0.2, 0.25) is 5.91 Å². The van der Waals surface area contributed by atoms with Gasteiger partial charge in [0.15, 0.2) is 0 Å². The van der Waals surface area contributed by atoms with Gasteiger partial charge in [0.1, 0.15) is 17.4 Å². The van der Waals surface area contributed by atoms with E-state index in [1.165, 1.54) is 6.20 Å². The van der Waals surface area contributed by atoms with Gasteiger partial charge in [-0.2, -0.15) is 5.26 Å². The highest BCUT2D eigenvalue weighted by Gasteiger charge is 2.15. The lowest BCUT2D eigenvalue weighted by Crippen LogP contribution is -2.33. The summed E-state index contributed by atoms with van der Waals surface area (Å²) in [6, 6.07) is 5.12. The van der Waals surface area contributed by atoms with Crippen molar-refractivity contribution in [1.82, 2.24) is 10.3 Å². The molecule has 0 unspecified atom stereocenters. The predicted molar refractivity (Wildman–Crippen MR) is 90.3 cm³/mol. The summed E-state index contributed by atoms with van der Waals surface area (Å²) >= 11 is 0. The van der Waals surface area contributed by atoms with Crippen molar-refractivity contribution < 1.29 is 14.3 Å². The molecule has 0 aliphatic rings. The number of nitriles is 1. The number of carbonyl (C=O) groups is 2. The molecule has 1 aromatic heterocycles. The summed E-state index contributed by atoms with van der Waals surface area (Å²) in [5.74, 6) is -0.0957. The molecular formula is C17H24N4O3. The van der Waals surface area contributed by atoms with Crippen molar-refractivity contribution in [3.05, 3.63) is 24.0 Å². The maximum atomic E-state index is 11.8. The lowest BCUT2D eigenvalue weighted by Gasteiger charge is -2.19. The molecule has 0 aromatic carbocycles. The summed E-state index contributed by atoms with van der Waals surface area (Å²) in [5.41, 5.74) is 0.388. The van der Waals surface area contributed by atoms with Crippen molar-refractivity contribution in [3.8, 4) is 6.07 Å². The first-order valence-corrected chi connectivity index (χ1v) is 7.93. The Bertz CT molecular complexity index is 585. The second-order valence-electron chi connectivity index (χ2n) is 6.33. The number of alkyl carbamates (subject to hydrolysis) is 1. The Morgan fingerprint density at radius 2 is 2.00 bits per heavy atom. The maximum Gasteiger partial charge on any atom is 0.407 e. The average Bonchev–Trinajstić information content (AvgIpc) is 2.49. The van der Waals surface area contributed by atoms with Crippen LogP contribution in [-0.4, -0.2) is 29.1 Å². The molecule has 0 saturated heterocycles. The Morgan fingerprint density at radius 1 is 1.25 bits per heavy atom. The summed E-state index contributed by atoms with van der Waals surface area (Å²) in [6.07, 6.45) is 3.77. The van der Waals surface area contributed by atoms with Crippen LogP contribution in [0.2, 0.25) is 0 Å². The molecule has 130 valence electrons. The second kappa shape index (κ2) is 9.50. The van der Waals surface area contributed by atoms with Gasteiger partial charge in [0, 0.05) is 13.0 Å². The number of amides is 2. The van der Waals surface area contributed by atoms with Crippen molar-refractivity contribution in [2.24, 2.45) is 0 Å². The Balaban J connectivity index is 2.11. The zero-order valence-corrected chi connectivity index (χ0v) is 14.4. The standard InChI is InChI=1S/C17H24N4O3/c1-17(2,3)24-16(23)19-10-6-4-5-7-15(22)21-14-9-8-13(11-18)20-12-14/h8-9,12H,4-7,10H2,1-3H3,(H,19,23)(H,21,22). The molecule has 0 saturated carbocycles. The molecule has 0 aliphatic heterocycles. The van der Waals surface area contributed by atoms with E-state index >= 15 is 0 Å². The Hall–Kier alpha value is -2.62. The smallest absolute Gasteiger partial charge is 0.407 e. The van der Waals surface area contributed by atoms with Crippen molar-refractivity contribution in [2.75, 3.05) is 11.9 Å². The van der Waals surface area contributed by atoms with Gasteiger partial charge in [-0.15, -0.1) is 0 Å². The third kappa shape index (κ3) is 8.73. The number of nitrogens with one attached hydrogen (secondary N) is 2. The number of hydrogen-bond acceptors (Lipinski definition) is 5. The molecular weight excluding hydrogens is 308 g/mol. The van der Waals surface area contributed by atoms with Crippen molar-refractivity contribution >= 4 is 17.7 Å². The third-order valence-electron chi connectivity index (χ3n) is 2.91. The molecule has 7 nitrogen and oxygen atoms in total. The van der Waals surface area contributed by atoms with Crippen molar-refractivity contribution in [2.45, 2.75) is 52.1 Å². The quantitative estimate of drug-likeness (QED) is 0.747. The molecule has 2 amide bonds. The van der Waals surface area contributed by atoms with Crippen LogP contribution >= 0.6 is 0 Å². The SMILES string of the molecule is CC(C)(C)OC(=O)NCCCCCC(=O)Nc1ccc(C#N)nc1. The number of anilines is 1. The number of hydrogen-bond donors (Lipinski definition) is 2.